The number of aliphatic hydroxyl groups is 1. The molecular weight excluding hydrogens is 266 g/mol. The van der Waals surface area contributed by atoms with E-state index in [9.17, 15) is 9.90 Å². The summed E-state index contributed by atoms with van der Waals surface area (Å²) >= 11 is 0. The van der Waals surface area contributed by atoms with Crippen LogP contribution in [0.25, 0.3) is 0 Å². The van der Waals surface area contributed by atoms with Gasteiger partial charge in [-0.05, 0) is 46.0 Å². The van der Waals surface area contributed by atoms with Crippen LogP contribution in [-0.2, 0) is 9.53 Å². The summed E-state index contributed by atoms with van der Waals surface area (Å²) in [6, 6.07) is 0. The molecular formula is C17H33NO3. The van der Waals surface area contributed by atoms with Crippen LogP contribution in [0.2, 0.25) is 0 Å². The minimum atomic E-state index is -0.119. The van der Waals surface area contributed by atoms with E-state index >= 15 is 0 Å². The van der Waals surface area contributed by atoms with Crippen molar-refractivity contribution in [1.82, 2.24) is 5.32 Å². The summed E-state index contributed by atoms with van der Waals surface area (Å²) in [6.45, 7) is 9.74. The minimum absolute atomic E-state index is 0.0589. The van der Waals surface area contributed by atoms with E-state index in [2.05, 4.69) is 12.2 Å². The van der Waals surface area contributed by atoms with Crippen molar-refractivity contribution in [2.75, 3.05) is 19.8 Å². The van der Waals surface area contributed by atoms with Crippen LogP contribution in [0.3, 0.4) is 0 Å². The average Bonchev–Trinajstić information content (AvgIpc) is 2.89. The van der Waals surface area contributed by atoms with Gasteiger partial charge in [0.15, 0.2) is 0 Å². The number of carbonyl (C=O) groups excluding carboxylic acids is 1. The van der Waals surface area contributed by atoms with Gasteiger partial charge >= 0.3 is 0 Å². The van der Waals surface area contributed by atoms with E-state index in [-0.39, 0.29) is 23.5 Å². The Labute approximate surface area is 129 Å². The number of carbonyl (C=O) groups is 1. The van der Waals surface area contributed by atoms with Gasteiger partial charge in [-0.25, -0.2) is 0 Å². The molecule has 1 rings (SSSR count). The molecule has 0 spiro atoms. The predicted octanol–water partition coefficient (Wildman–Crippen LogP) is 2.89. The summed E-state index contributed by atoms with van der Waals surface area (Å²) < 4.78 is 5.73. The van der Waals surface area contributed by atoms with Crippen molar-refractivity contribution in [3.63, 3.8) is 0 Å². The first-order valence-corrected chi connectivity index (χ1v) is 8.28. The van der Waals surface area contributed by atoms with Gasteiger partial charge in [-0.2, -0.15) is 0 Å². The zero-order valence-corrected chi connectivity index (χ0v) is 14.2. The van der Waals surface area contributed by atoms with Crippen molar-refractivity contribution in [3.8, 4) is 0 Å². The number of ether oxygens (including phenoxy) is 1. The Balaban J connectivity index is 2.19. The predicted molar refractivity (Wildman–Crippen MR) is 85.1 cm³/mol. The Kier molecular flexibility index (Phi) is 7.14. The van der Waals surface area contributed by atoms with Crippen molar-refractivity contribution in [2.45, 2.75) is 71.8 Å². The smallest absolute Gasteiger partial charge is 0.220 e. The maximum Gasteiger partial charge on any atom is 0.220 e. The molecule has 4 heteroatoms. The second-order valence-electron chi connectivity index (χ2n) is 7.71. The maximum absolute atomic E-state index is 11.9. The second kappa shape index (κ2) is 8.14. The molecule has 21 heavy (non-hydrogen) atoms. The summed E-state index contributed by atoms with van der Waals surface area (Å²) in [5.74, 6) is 0.477. The molecule has 0 aromatic heterocycles. The van der Waals surface area contributed by atoms with Crippen LogP contribution in [0.5, 0.6) is 0 Å². The van der Waals surface area contributed by atoms with Gasteiger partial charge in [-0.1, -0.05) is 19.8 Å². The Morgan fingerprint density at radius 2 is 1.95 bits per heavy atom. The van der Waals surface area contributed by atoms with Crippen molar-refractivity contribution >= 4 is 5.91 Å². The van der Waals surface area contributed by atoms with Gasteiger partial charge in [-0.3, -0.25) is 4.79 Å². The fraction of sp³-hybridized carbons (Fsp3) is 0.941. The van der Waals surface area contributed by atoms with Crippen LogP contribution in [0.1, 0.15) is 66.2 Å². The Hall–Kier alpha value is -0.610. The first-order valence-electron chi connectivity index (χ1n) is 8.28. The monoisotopic (exact) mass is 299 g/mol. The topological polar surface area (TPSA) is 58.6 Å². The molecule has 0 bridgehead atoms. The third kappa shape index (κ3) is 7.28. The van der Waals surface area contributed by atoms with E-state index in [0.717, 1.165) is 32.1 Å². The molecule has 1 atom stereocenters. The minimum Gasteiger partial charge on any atom is -0.396 e. The van der Waals surface area contributed by atoms with Crippen LogP contribution in [-0.4, -0.2) is 36.4 Å². The number of amides is 1. The molecule has 1 unspecified atom stereocenters. The largest absolute Gasteiger partial charge is 0.396 e. The van der Waals surface area contributed by atoms with Gasteiger partial charge in [0.25, 0.3) is 0 Å². The van der Waals surface area contributed by atoms with Crippen LogP contribution >= 0.6 is 0 Å². The van der Waals surface area contributed by atoms with Gasteiger partial charge in [0.05, 0.1) is 12.2 Å². The molecule has 1 saturated carbocycles. The molecule has 1 fully saturated rings. The quantitative estimate of drug-likeness (QED) is 0.724. The number of rotatable bonds is 8. The molecule has 0 aliphatic heterocycles. The van der Waals surface area contributed by atoms with Gasteiger partial charge in [0, 0.05) is 25.0 Å². The molecule has 0 aromatic carbocycles. The SMILES string of the molecule is CC(CCC(=O)NCC1(CO)CCCC1)COC(C)(C)C. The average molecular weight is 299 g/mol. The molecule has 0 radical (unpaired) electrons. The molecule has 1 aliphatic rings. The third-order valence-corrected chi connectivity index (χ3v) is 4.33. The molecule has 4 nitrogen and oxygen atoms in total. The summed E-state index contributed by atoms with van der Waals surface area (Å²) in [5, 5.41) is 12.5. The lowest BCUT2D eigenvalue weighted by Gasteiger charge is -2.26. The normalized spacial score (nSPS) is 19.5. The first-order chi connectivity index (χ1) is 9.76. The van der Waals surface area contributed by atoms with E-state index in [4.69, 9.17) is 4.74 Å². The molecule has 0 saturated heterocycles. The number of nitrogens with one attached hydrogen (secondary N) is 1. The second-order valence-corrected chi connectivity index (χ2v) is 7.71. The molecule has 1 amide bonds. The van der Waals surface area contributed by atoms with Gasteiger partial charge in [0.2, 0.25) is 5.91 Å². The van der Waals surface area contributed by atoms with Gasteiger partial charge in [0.1, 0.15) is 0 Å². The first kappa shape index (κ1) is 18.4. The van der Waals surface area contributed by atoms with E-state index < -0.39 is 0 Å². The number of hydrogen-bond acceptors (Lipinski definition) is 3. The Morgan fingerprint density at radius 3 is 2.48 bits per heavy atom. The van der Waals surface area contributed by atoms with Gasteiger partial charge < -0.3 is 15.2 Å². The molecule has 1 aliphatic carbocycles. The fourth-order valence-corrected chi connectivity index (χ4v) is 2.74. The highest BCUT2D eigenvalue weighted by molar-refractivity contribution is 5.75. The van der Waals surface area contributed by atoms with Crippen molar-refractivity contribution in [2.24, 2.45) is 11.3 Å². The standard InChI is InChI=1S/C17H33NO3/c1-14(11-21-16(2,3)4)7-8-15(20)18-12-17(13-19)9-5-6-10-17/h14,19H,5-13H2,1-4H3,(H,18,20). The highest BCUT2D eigenvalue weighted by atomic mass is 16.5. The maximum atomic E-state index is 11.9. The fourth-order valence-electron chi connectivity index (χ4n) is 2.74. The van der Waals surface area contributed by atoms with Crippen LogP contribution < -0.4 is 5.32 Å². The Morgan fingerprint density at radius 1 is 1.33 bits per heavy atom. The van der Waals surface area contributed by atoms with Crippen LogP contribution in [0.4, 0.5) is 0 Å². The van der Waals surface area contributed by atoms with E-state index in [1.54, 1.807) is 0 Å². The zero-order chi connectivity index (χ0) is 15.9. The van der Waals surface area contributed by atoms with E-state index in [1.165, 1.54) is 0 Å². The highest BCUT2D eigenvalue weighted by Crippen LogP contribution is 2.36. The molecule has 2 N–H and O–H groups in total. The van der Waals surface area contributed by atoms with Gasteiger partial charge in [-0.15, -0.1) is 0 Å². The van der Waals surface area contributed by atoms with E-state index in [1.807, 2.05) is 20.8 Å². The lowest BCUT2D eigenvalue weighted by Crippen LogP contribution is -2.38. The van der Waals surface area contributed by atoms with E-state index in [0.29, 0.717) is 25.5 Å². The van der Waals surface area contributed by atoms with Crippen molar-refractivity contribution in [1.29, 1.82) is 0 Å². The third-order valence-electron chi connectivity index (χ3n) is 4.33. The summed E-state index contributed by atoms with van der Waals surface area (Å²) in [6.07, 6.45) is 5.76. The van der Waals surface area contributed by atoms with Crippen molar-refractivity contribution < 1.29 is 14.6 Å². The molecule has 0 aromatic rings. The lowest BCUT2D eigenvalue weighted by molar-refractivity contribution is -0.122. The van der Waals surface area contributed by atoms with Crippen LogP contribution in [0.15, 0.2) is 0 Å². The summed E-state index contributed by atoms with van der Waals surface area (Å²) in [4.78, 5) is 11.9. The summed E-state index contributed by atoms with van der Waals surface area (Å²) in [7, 11) is 0. The molecule has 124 valence electrons. The summed E-state index contributed by atoms with van der Waals surface area (Å²) in [5.41, 5.74) is -0.177. The molecule has 0 heterocycles. The number of aliphatic hydroxyl groups excluding tert-OH is 1. The Bertz CT molecular complexity index is 316. The van der Waals surface area contributed by atoms with Crippen molar-refractivity contribution in [3.05, 3.63) is 0 Å². The zero-order valence-electron chi connectivity index (χ0n) is 14.2. The highest BCUT2D eigenvalue weighted by Gasteiger charge is 2.33. The number of hydrogen-bond donors (Lipinski definition) is 2. The van der Waals surface area contributed by atoms with Crippen LogP contribution in [0, 0.1) is 11.3 Å². The lowest BCUT2D eigenvalue weighted by atomic mass is 9.87.